The van der Waals surface area contributed by atoms with Gasteiger partial charge in [-0.3, -0.25) is 0 Å². The molecule has 3 nitrogen and oxygen atoms in total. The van der Waals surface area contributed by atoms with Crippen molar-refractivity contribution in [3.63, 3.8) is 0 Å². The Hall–Kier alpha value is -1.65. The van der Waals surface area contributed by atoms with Crippen LogP contribution in [0.2, 0.25) is 5.02 Å². The first-order chi connectivity index (χ1) is 8.68. The zero-order valence-corrected chi connectivity index (χ0v) is 11.1. The van der Waals surface area contributed by atoms with Crippen LogP contribution < -0.4 is 11.1 Å². The molecule has 0 spiro atoms. The molecule has 0 amide bonds. The van der Waals surface area contributed by atoms with Crippen LogP contribution in [-0.4, -0.2) is 9.97 Å². The van der Waals surface area contributed by atoms with Crippen molar-refractivity contribution < 1.29 is 0 Å². The number of nitrogens with two attached hydrogens (primary N) is 1. The van der Waals surface area contributed by atoms with Crippen LogP contribution >= 0.6 is 23.8 Å². The van der Waals surface area contributed by atoms with Crippen molar-refractivity contribution in [2.75, 3.05) is 5.32 Å². The molecular formula is C13H12ClN3S. The zero-order valence-electron chi connectivity index (χ0n) is 9.56. The highest BCUT2D eigenvalue weighted by molar-refractivity contribution is 7.80. The molecule has 0 aliphatic carbocycles. The van der Waals surface area contributed by atoms with E-state index in [4.69, 9.17) is 29.6 Å². The van der Waals surface area contributed by atoms with E-state index in [1.54, 1.807) is 12.3 Å². The minimum absolute atomic E-state index is 0.324. The Kier molecular flexibility index (Phi) is 4.12. The van der Waals surface area contributed by atoms with Gasteiger partial charge in [0.05, 0.1) is 5.56 Å². The van der Waals surface area contributed by atoms with Gasteiger partial charge >= 0.3 is 0 Å². The number of hydrogen-bond acceptors (Lipinski definition) is 3. The fourth-order valence-electron chi connectivity index (χ4n) is 1.57. The van der Waals surface area contributed by atoms with Crippen LogP contribution in [0.5, 0.6) is 0 Å². The molecule has 18 heavy (non-hydrogen) atoms. The van der Waals surface area contributed by atoms with Gasteiger partial charge in [-0.25, -0.2) is 4.98 Å². The van der Waals surface area contributed by atoms with Gasteiger partial charge in [-0.05, 0) is 23.8 Å². The molecule has 1 aromatic carbocycles. The first-order valence-electron chi connectivity index (χ1n) is 5.40. The second-order valence-electron chi connectivity index (χ2n) is 3.71. The Morgan fingerprint density at radius 3 is 2.78 bits per heavy atom. The van der Waals surface area contributed by atoms with Crippen LogP contribution in [0.25, 0.3) is 0 Å². The largest absolute Gasteiger partial charge is 0.389 e. The Bertz CT molecular complexity index is 572. The minimum atomic E-state index is 0.324. The molecule has 5 heteroatoms. The van der Waals surface area contributed by atoms with Crippen molar-refractivity contribution in [3.8, 4) is 0 Å². The molecule has 0 saturated heterocycles. The van der Waals surface area contributed by atoms with Gasteiger partial charge in [0.15, 0.2) is 0 Å². The molecule has 92 valence electrons. The summed E-state index contributed by atoms with van der Waals surface area (Å²) in [6.45, 7) is 0.576. The van der Waals surface area contributed by atoms with Gasteiger partial charge in [0, 0.05) is 17.8 Å². The number of nitrogens with one attached hydrogen (secondary N) is 1. The van der Waals surface area contributed by atoms with Crippen molar-refractivity contribution in [2.24, 2.45) is 5.73 Å². The summed E-state index contributed by atoms with van der Waals surface area (Å²) in [6.07, 6.45) is 1.69. The summed E-state index contributed by atoms with van der Waals surface area (Å²) in [6, 6.07) is 11.3. The number of halogens is 1. The van der Waals surface area contributed by atoms with E-state index in [-0.39, 0.29) is 0 Å². The van der Waals surface area contributed by atoms with E-state index in [9.17, 15) is 0 Å². The molecule has 2 rings (SSSR count). The van der Waals surface area contributed by atoms with E-state index in [1.165, 1.54) is 0 Å². The Balaban J connectivity index is 2.16. The average molecular weight is 278 g/mol. The van der Waals surface area contributed by atoms with E-state index in [1.807, 2.05) is 30.3 Å². The van der Waals surface area contributed by atoms with E-state index < -0.39 is 0 Å². The highest BCUT2D eigenvalue weighted by atomic mass is 35.5. The average Bonchev–Trinajstić information content (AvgIpc) is 2.38. The van der Waals surface area contributed by atoms with E-state index >= 15 is 0 Å². The lowest BCUT2D eigenvalue weighted by Gasteiger charge is -2.10. The third-order valence-corrected chi connectivity index (χ3v) is 3.07. The van der Waals surface area contributed by atoms with Crippen molar-refractivity contribution in [1.82, 2.24) is 4.98 Å². The van der Waals surface area contributed by atoms with Crippen LogP contribution in [0.4, 0.5) is 5.82 Å². The van der Waals surface area contributed by atoms with Crippen LogP contribution in [0.15, 0.2) is 42.6 Å². The lowest BCUT2D eigenvalue weighted by molar-refractivity contribution is 1.11. The third kappa shape index (κ3) is 2.97. The molecule has 0 aliphatic rings. The number of hydrogen-bond donors (Lipinski definition) is 2. The molecule has 0 unspecified atom stereocenters. The summed E-state index contributed by atoms with van der Waals surface area (Å²) in [5.41, 5.74) is 7.37. The van der Waals surface area contributed by atoms with Gasteiger partial charge in [0.2, 0.25) is 0 Å². The summed E-state index contributed by atoms with van der Waals surface area (Å²) in [5, 5.41) is 3.91. The molecule has 1 heterocycles. The molecule has 0 aliphatic heterocycles. The van der Waals surface area contributed by atoms with Gasteiger partial charge < -0.3 is 11.1 Å². The zero-order chi connectivity index (χ0) is 13.0. The fourth-order valence-corrected chi connectivity index (χ4v) is 1.93. The SMILES string of the molecule is NC(=S)c1cccnc1NCc1ccccc1Cl. The van der Waals surface area contributed by atoms with Crippen molar-refractivity contribution in [2.45, 2.75) is 6.54 Å². The van der Waals surface area contributed by atoms with Gasteiger partial charge in [0.25, 0.3) is 0 Å². The summed E-state index contributed by atoms with van der Waals surface area (Å²) < 4.78 is 0. The molecule has 0 saturated carbocycles. The minimum Gasteiger partial charge on any atom is -0.389 e. The molecule has 2 aromatic rings. The number of anilines is 1. The van der Waals surface area contributed by atoms with Crippen molar-refractivity contribution in [1.29, 1.82) is 0 Å². The molecule has 3 N–H and O–H groups in total. The quantitative estimate of drug-likeness (QED) is 0.844. The smallest absolute Gasteiger partial charge is 0.136 e. The molecular weight excluding hydrogens is 266 g/mol. The summed E-state index contributed by atoms with van der Waals surface area (Å²) >= 11 is 11.1. The number of rotatable bonds is 4. The van der Waals surface area contributed by atoms with Crippen LogP contribution in [-0.2, 0) is 6.54 Å². The van der Waals surface area contributed by atoms with E-state index in [0.29, 0.717) is 17.4 Å². The van der Waals surface area contributed by atoms with Crippen molar-refractivity contribution >= 4 is 34.6 Å². The van der Waals surface area contributed by atoms with Gasteiger partial charge in [-0.2, -0.15) is 0 Å². The molecule has 0 bridgehead atoms. The first kappa shape index (κ1) is 12.8. The second kappa shape index (κ2) is 5.80. The molecule has 0 atom stereocenters. The highest BCUT2D eigenvalue weighted by Crippen LogP contribution is 2.17. The van der Waals surface area contributed by atoms with Crippen LogP contribution in [0, 0.1) is 0 Å². The fraction of sp³-hybridized carbons (Fsp3) is 0.0769. The van der Waals surface area contributed by atoms with Crippen LogP contribution in [0.1, 0.15) is 11.1 Å². The third-order valence-electron chi connectivity index (χ3n) is 2.48. The second-order valence-corrected chi connectivity index (χ2v) is 4.56. The standard InChI is InChI=1S/C13H12ClN3S/c14-11-6-2-1-4-9(11)8-17-13-10(12(15)18)5-3-7-16-13/h1-7H,8H2,(H2,15,18)(H,16,17). The number of pyridine rings is 1. The molecule has 1 aromatic heterocycles. The predicted octanol–water partition coefficient (Wildman–Crippen LogP) is 2.98. The van der Waals surface area contributed by atoms with Gasteiger partial charge in [-0.15, -0.1) is 0 Å². The summed E-state index contributed by atoms with van der Waals surface area (Å²) in [5.74, 6) is 0.671. The number of benzene rings is 1. The Morgan fingerprint density at radius 1 is 1.28 bits per heavy atom. The highest BCUT2D eigenvalue weighted by Gasteiger charge is 2.06. The maximum absolute atomic E-state index is 6.08. The summed E-state index contributed by atoms with van der Waals surface area (Å²) in [7, 11) is 0. The number of aromatic nitrogens is 1. The van der Waals surface area contributed by atoms with E-state index in [0.717, 1.165) is 16.1 Å². The lowest BCUT2D eigenvalue weighted by atomic mass is 10.2. The van der Waals surface area contributed by atoms with Gasteiger partial charge in [0.1, 0.15) is 10.8 Å². The van der Waals surface area contributed by atoms with E-state index in [2.05, 4.69) is 10.3 Å². The molecule has 0 radical (unpaired) electrons. The molecule has 0 fully saturated rings. The Morgan fingerprint density at radius 2 is 2.06 bits per heavy atom. The number of thiocarbonyl (C=S) groups is 1. The van der Waals surface area contributed by atoms with Crippen molar-refractivity contribution in [3.05, 3.63) is 58.7 Å². The number of nitrogens with zero attached hydrogens (tertiary/aromatic N) is 1. The van der Waals surface area contributed by atoms with Gasteiger partial charge in [-0.1, -0.05) is 42.0 Å². The lowest BCUT2D eigenvalue weighted by Crippen LogP contribution is -2.14. The predicted molar refractivity (Wildman–Crippen MR) is 78.9 cm³/mol. The monoisotopic (exact) mass is 277 g/mol. The summed E-state index contributed by atoms with van der Waals surface area (Å²) in [4.78, 5) is 4.55. The maximum atomic E-state index is 6.08. The normalized spacial score (nSPS) is 10.1. The van der Waals surface area contributed by atoms with Crippen LogP contribution in [0.3, 0.4) is 0 Å². The Labute approximate surface area is 116 Å². The first-order valence-corrected chi connectivity index (χ1v) is 6.19. The topological polar surface area (TPSA) is 50.9 Å². The maximum Gasteiger partial charge on any atom is 0.136 e.